The van der Waals surface area contributed by atoms with Crippen molar-refractivity contribution in [3.8, 4) is 5.88 Å². The molecule has 1 spiro atoms. The minimum Gasteiger partial charge on any atom is -0.474 e. The van der Waals surface area contributed by atoms with Crippen LogP contribution in [0.4, 0.5) is 0 Å². The van der Waals surface area contributed by atoms with E-state index in [0.717, 1.165) is 37.0 Å². The van der Waals surface area contributed by atoms with Gasteiger partial charge < -0.3 is 25.1 Å². The molecule has 0 bridgehead atoms. The number of primary amides is 1. The number of ether oxygens (including phenoxy) is 1. The molecule has 0 aromatic carbocycles. The molecule has 0 unspecified atom stereocenters. The Morgan fingerprint density at radius 2 is 2.00 bits per heavy atom. The third-order valence-corrected chi connectivity index (χ3v) is 6.62. The van der Waals surface area contributed by atoms with E-state index in [-0.39, 0.29) is 23.5 Å². The maximum atomic E-state index is 13.0. The molecule has 9 nitrogen and oxygen atoms in total. The number of amides is 2. The van der Waals surface area contributed by atoms with Crippen LogP contribution >= 0.6 is 0 Å². The van der Waals surface area contributed by atoms with Crippen LogP contribution in [-0.4, -0.2) is 57.3 Å². The van der Waals surface area contributed by atoms with Crippen LogP contribution in [-0.2, 0) is 6.54 Å². The second-order valence-corrected chi connectivity index (χ2v) is 9.52. The van der Waals surface area contributed by atoms with Gasteiger partial charge in [0.15, 0.2) is 5.69 Å². The first-order valence-corrected chi connectivity index (χ1v) is 11.2. The molecule has 5 rings (SSSR count). The van der Waals surface area contributed by atoms with Gasteiger partial charge in [-0.3, -0.25) is 9.59 Å². The van der Waals surface area contributed by atoms with Gasteiger partial charge in [0.25, 0.3) is 11.8 Å². The van der Waals surface area contributed by atoms with Gasteiger partial charge in [0, 0.05) is 18.4 Å². The van der Waals surface area contributed by atoms with Crippen LogP contribution in [0.2, 0.25) is 0 Å². The molecule has 0 radical (unpaired) electrons. The molecule has 2 fully saturated rings. The van der Waals surface area contributed by atoms with E-state index < -0.39 is 5.91 Å². The molecule has 172 valence electrons. The van der Waals surface area contributed by atoms with Crippen molar-refractivity contribution < 1.29 is 14.3 Å². The van der Waals surface area contributed by atoms with E-state index in [4.69, 9.17) is 10.5 Å². The number of pyridine rings is 2. The summed E-state index contributed by atoms with van der Waals surface area (Å²) < 4.78 is 7.90. The van der Waals surface area contributed by atoms with Gasteiger partial charge in [-0.1, -0.05) is 6.07 Å². The van der Waals surface area contributed by atoms with Gasteiger partial charge in [0.05, 0.1) is 12.1 Å². The minimum atomic E-state index is -0.542. The highest BCUT2D eigenvalue weighted by Gasteiger charge is 2.54. The normalized spacial score (nSPS) is 23.8. The molecule has 3 aromatic rings. The Hall–Kier alpha value is -3.46. The van der Waals surface area contributed by atoms with Crippen LogP contribution in [0.25, 0.3) is 5.52 Å². The van der Waals surface area contributed by atoms with Crippen molar-refractivity contribution >= 4 is 17.3 Å². The van der Waals surface area contributed by atoms with Crippen LogP contribution in [0.5, 0.6) is 5.88 Å². The Morgan fingerprint density at radius 3 is 2.73 bits per heavy atom. The van der Waals surface area contributed by atoms with Crippen molar-refractivity contribution in [2.45, 2.75) is 44.4 Å². The molecule has 9 heteroatoms. The van der Waals surface area contributed by atoms with Gasteiger partial charge in [-0.25, -0.2) is 9.97 Å². The number of carbonyl (C=O) groups excluding carboxylic acids is 2. The zero-order valence-electron chi connectivity index (χ0n) is 18.8. The molecule has 2 saturated carbocycles. The molecular weight excluding hydrogens is 420 g/mol. The largest absolute Gasteiger partial charge is 0.474 e. The van der Waals surface area contributed by atoms with E-state index in [2.05, 4.69) is 15.3 Å². The molecule has 33 heavy (non-hydrogen) atoms. The molecule has 2 aliphatic carbocycles. The lowest BCUT2D eigenvalue weighted by molar-refractivity contribution is -0.0848. The summed E-state index contributed by atoms with van der Waals surface area (Å²) >= 11 is 0. The number of imidazole rings is 1. The average Bonchev–Trinajstić information content (AvgIpc) is 3.09. The zero-order valence-corrected chi connectivity index (χ0v) is 18.8. The fraction of sp³-hybridized carbons (Fsp3) is 0.417. The van der Waals surface area contributed by atoms with Gasteiger partial charge in [-0.05, 0) is 69.5 Å². The summed E-state index contributed by atoms with van der Waals surface area (Å²) in [6.45, 7) is 0.653. The third kappa shape index (κ3) is 4.04. The Kier molecular flexibility index (Phi) is 5.28. The molecule has 3 aromatic heterocycles. The Bertz CT molecular complexity index is 1210. The van der Waals surface area contributed by atoms with Crippen molar-refractivity contribution in [2.24, 2.45) is 11.1 Å². The maximum absolute atomic E-state index is 13.0. The smallest absolute Gasteiger partial charge is 0.272 e. The van der Waals surface area contributed by atoms with E-state index in [1.54, 1.807) is 18.3 Å². The van der Waals surface area contributed by atoms with Crippen LogP contribution in [0.3, 0.4) is 0 Å². The summed E-state index contributed by atoms with van der Waals surface area (Å²) in [5.41, 5.74) is 7.19. The molecule has 3 N–H and O–H groups in total. The highest BCUT2D eigenvalue weighted by Crippen LogP contribution is 2.56. The highest BCUT2D eigenvalue weighted by atomic mass is 16.5. The molecule has 3 heterocycles. The number of hydrogen-bond acceptors (Lipinski definition) is 6. The molecular formula is C24H28N6O3. The minimum absolute atomic E-state index is 0.0142. The fourth-order valence-corrected chi connectivity index (χ4v) is 5.16. The Morgan fingerprint density at radius 1 is 1.21 bits per heavy atom. The first-order chi connectivity index (χ1) is 15.8. The number of fused-ring (bicyclic) bond motifs is 1. The molecule has 0 saturated heterocycles. The van der Waals surface area contributed by atoms with Crippen LogP contribution in [0.1, 0.15) is 52.4 Å². The highest BCUT2D eigenvalue weighted by molar-refractivity contribution is 5.99. The summed E-state index contributed by atoms with van der Waals surface area (Å²) in [6.07, 6.45) is 7.15. The lowest BCUT2D eigenvalue weighted by Gasteiger charge is -2.57. The average molecular weight is 449 g/mol. The van der Waals surface area contributed by atoms with Crippen LogP contribution in [0, 0.1) is 5.41 Å². The van der Waals surface area contributed by atoms with Crippen molar-refractivity contribution in [3.63, 3.8) is 0 Å². The van der Waals surface area contributed by atoms with E-state index in [1.165, 1.54) is 0 Å². The summed E-state index contributed by atoms with van der Waals surface area (Å²) in [5.74, 6) is 0.471. The lowest BCUT2D eigenvalue weighted by Crippen LogP contribution is -2.58. The number of rotatable bonds is 7. The second-order valence-electron chi connectivity index (χ2n) is 9.52. The molecule has 0 atom stereocenters. The van der Waals surface area contributed by atoms with Gasteiger partial charge in [-0.15, -0.1) is 0 Å². The number of hydrogen-bond donors (Lipinski definition) is 2. The second kappa shape index (κ2) is 8.15. The SMILES string of the molecule is CN(C)Cc1nc(C(=O)NC2CC3(C2)CC(Oc2ncccc2C(N)=O)C3)c2ccccn12. The number of nitrogens with zero attached hydrogens (tertiary/aromatic N) is 4. The van der Waals surface area contributed by atoms with Crippen molar-refractivity contribution in [1.29, 1.82) is 0 Å². The van der Waals surface area contributed by atoms with E-state index in [1.807, 2.05) is 47.8 Å². The van der Waals surface area contributed by atoms with Gasteiger partial charge in [0.1, 0.15) is 17.5 Å². The first-order valence-electron chi connectivity index (χ1n) is 11.2. The number of nitrogens with two attached hydrogens (primary N) is 1. The summed E-state index contributed by atoms with van der Waals surface area (Å²) in [4.78, 5) is 35.4. The van der Waals surface area contributed by atoms with Crippen molar-refractivity contribution in [2.75, 3.05) is 14.1 Å². The third-order valence-electron chi connectivity index (χ3n) is 6.62. The molecule has 2 aliphatic rings. The number of carbonyl (C=O) groups is 2. The molecule has 0 aliphatic heterocycles. The predicted molar refractivity (Wildman–Crippen MR) is 122 cm³/mol. The van der Waals surface area contributed by atoms with E-state index in [9.17, 15) is 9.59 Å². The number of aromatic nitrogens is 3. The van der Waals surface area contributed by atoms with E-state index in [0.29, 0.717) is 23.7 Å². The zero-order chi connectivity index (χ0) is 23.2. The maximum Gasteiger partial charge on any atom is 0.272 e. The lowest BCUT2D eigenvalue weighted by atomic mass is 9.53. The first kappa shape index (κ1) is 21.4. The standard InChI is InChI=1S/C24H28N6O3/c1-29(2)14-19-28-20(18-7-3-4-9-30(18)19)22(32)27-15-10-24(11-15)12-16(13-24)33-23-17(21(25)31)6-5-8-26-23/h3-9,15-16H,10-14H2,1-2H3,(H2,25,31)(H,27,32). The summed E-state index contributed by atoms with van der Waals surface area (Å²) in [7, 11) is 3.96. The van der Waals surface area contributed by atoms with Crippen molar-refractivity contribution in [3.05, 3.63) is 59.8 Å². The Labute approximate surface area is 191 Å². The quantitative estimate of drug-likeness (QED) is 0.571. The number of nitrogens with one attached hydrogen (secondary N) is 1. The van der Waals surface area contributed by atoms with Crippen molar-refractivity contribution in [1.82, 2.24) is 24.6 Å². The van der Waals surface area contributed by atoms with Crippen LogP contribution < -0.4 is 15.8 Å². The summed E-state index contributed by atoms with van der Waals surface area (Å²) in [5, 5.41) is 3.16. The van der Waals surface area contributed by atoms with Gasteiger partial charge in [-0.2, -0.15) is 0 Å². The van der Waals surface area contributed by atoms with Crippen LogP contribution in [0.15, 0.2) is 42.7 Å². The predicted octanol–water partition coefficient (Wildman–Crippen LogP) is 2.01. The summed E-state index contributed by atoms with van der Waals surface area (Å²) in [6, 6.07) is 9.21. The fourth-order valence-electron chi connectivity index (χ4n) is 5.16. The van der Waals surface area contributed by atoms with Gasteiger partial charge in [0.2, 0.25) is 5.88 Å². The van der Waals surface area contributed by atoms with Gasteiger partial charge >= 0.3 is 0 Å². The monoisotopic (exact) mass is 448 g/mol. The molecule has 2 amide bonds. The Balaban J connectivity index is 1.18. The topological polar surface area (TPSA) is 115 Å². The van der Waals surface area contributed by atoms with E-state index >= 15 is 0 Å².